The van der Waals surface area contributed by atoms with Crippen LogP contribution in [0.1, 0.15) is 29.7 Å². The summed E-state index contributed by atoms with van der Waals surface area (Å²) in [5.41, 5.74) is 3.82. The van der Waals surface area contributed by atoms with Gasteiger partial charge in [-0.15, -0.1) is 0 Å². The molecule has 0 saturated carbocycles. The van der Waals surface area contributed by atoms with Crippen molar-refractivity contribution in [1.29, 1.82) is 0 Å². The van der Waals surface area contributed by atoms with Crippen molar-refractivity contribution in [1.82, 2.24) is 4.98 Å². The third-order valence-corrected chi connectivity index (χ3v) is 3.36. The van der Waals surface area contributed by atoms with Crippen molar-refractivity contribution >= 4 is 16.9 Å². The number of aliphatic carboxylic acids is 1. The second-order valence-electron chi connectivity index (χ2n) is 4.62. The highest BCUT2D eigenvalue weighted by Crippen LogP contribution is 2.33. The first-order valence-electron chi connectivity index (χ1n) is 6.02. The lowest BCUT2D eigenvalue weighted by molar-refractivity contribution is -0.137. The molecular weight excluding hydrogens is 230 g/mol. The predicted molar refractivity (Wildman–Crippen MR) is 70.0 cm³/mol. The molecule has 0 atom stereocenters. The summed E-state index contributed by atoms with van der Waals surface area (Å²) in [6.07, 6.45) is 1.25. The molecule has 1 aromatic heterocycles. The lowest BCUT2D eigenvalue weighted by Gasteiger charge is -2.05. The molecule has 0 bridgehead atoms. The van der Waals surface area contributed by atoms with Crippen LogP contribution in [0.3, 0.4) is 0 Å². The summed E-state index contributed by atoms with van der Waals surface area (Å²) in [5, 5.41) is 19.7. The second-order valence-corrected chi connectivity index (χ2v) is 4.62. The Kier molecular flexibility index (Phi) is 3.28. The van der Waals surface area contributed by atoms with Crippen molar-refractivity contribution in [2.24, 2.45) is 0 Å². The average molecular weight is 247 g/mol. The summed E-state index contributed by atoms with van der Waals surface area (Å²) >= 11 is 0. The molecular formula is C14H17NO3. The molecule has 4 nitrogen and oxygen atoms in total. The minimum Gasteiger partial charge on any atom is -0.507 e. The first-order chi connectivity index (χ1) is 8.50. The Bertz CT molecular complexity index is 599. The van der Waals surface area contributed by atoms with Crippen LogP contribution in [0.2, 0.25) is 0 Å². The van der Waals surface area contributed by atoms with E-state index in [-0.39, 0.29) is 12.2 Å². The minimum atomic E-state index is -0.802. The zero-order valence-electron chi connectivity index (χ0n) is 10.6. The van der Waals surface area contributed by atoms with E-state index < -0.39 is 5.97 Å². The number of hydrogen-bond donors (Lipinski definition) is 3. The fourth-order valence-electron chi connectivity index (χ4n) is 2.23. The topological polar surface area (TPSA) is 73.3 Å². The van der Waals surface area contributed by atoms with E-state index in [1.807, 2.05) is 26.0 Å². The molecule has 1 aromatic carbocycles. The van der Waals surface area contributed by atoms with Crippen LogP contribution in [-0.4, -0.2) is 21.2 Å². The van der Waals surface area contributed by atoms with Gasteiger partial charge in [-0.2, -0.15) is 0 Å². The van der Waals surface area contributed by atoms with Crippen LogP contribution in [0.15, 0.2) is 12.1 Å². The van der Waals surface area contributed by atoms with Crippen molar-refractivity contribution in [3.8, 4) is 5.75 Å². The van der Waals surface area contributed by atoms with E-state index in [0.717, 1.165) is 27.7 Å². The van der Waals surface area contributed by atoms with Gasteiger partial charge in [-0.05, 0) is 43.9 Å². The first kappa shape index (κ1) is 12.5. The third-order valence-electron chi connectivity index (χ3n) is 3.36. The fourth-order valence-corrected chi connectivity index (χ4v) is 2.23. The summed E-state index contributed by atoms with van der Waals surface area (Å²) in [6.45, 7) is 3.94. The minimum absolute atomic E-state index is 0.128. The van der Waals surface area contributed by atoms with Crippen LogP contribution in [0.4, 0.5) is 0 Å². The Hall–Kier alpha value is -1.97. The van der Waals surface area contributed by atoms with Gasteiger partial charge in [0.1, 0.15) is 5.75 Å². The molecule has 0 fully saturated rings. The maximum Gasteiger partial charge on any atom is 0.303 e. The zero-order valence-corrected chi connectivity index (χ0v) is 10.6. The van der Waals surface area contributed by atoms with Gasteiger partial charge in [0.05, 0.1) is 0 Å². The van der Waals surface area contributed by atoms with Crippen LogP contribution >= 0.6 is 0 Å². The van der Waals surface area contributed by atoms with E-state index in [1.165, 1.54) is 0 Å². The smallest absolute Gasteiger partial charge is 0.303 e. The molecule has 0 aliphatic rings. The van der Waals surface area contributed by atoms with E-state index in [4.69, 9.17) is 5.11 Å². The van der Waals surface area contributed by atoms with Crippen LogP contribution in [0.5, 0.6) is 5.75 Å². The number of H-pyrrole nitrogens is 1. The third kappa shape index (κ3) is 2.18. The number of rotatable bonds is 4. The number of phenolic OH excluding ortho intramolecular Hbond substituents is 1. The van der Waals surface area contributed by atoms with Gasteiger partial charge in [-0.25, -0.2) is 0 Å². The van der Waals surface area contributed by atoms with Gasteiger partial charge in [0.25, 0.3) is 0 Å². The second kappa shape index (κ2) is 4.72. The molecule has 18 heavy (non-hydrogen) atoms. The molecule has 0 spiro atoms. The Labute approximate surface area is 105 Å². The fraction of sp³-hybridized carbons (Fsp3) is 0.357. The number of carbonyl (C=O) groups is 1. The molecule has 0 radical (unpaired) electrons. The lowest BCUT2D eigenvalue weighted by Crippen LogP contribution is -1.96. The quantitative estimate of drug-likeness (QED) is 0.777. The largest absolute Gasteiger partial charge is 0.507 e. The van der Waals surface area contributed by atoms with Gasteiger partial charge in [-0.3, -0.25) is 4.79 Å². The summed E-state index contributed by atoms with van der Waals surface area (Å²) in [4.78, 5) is 13.7. The molecule has 4 heteroatoms. The number of benzene rings is 1. The Morgan fingerprint density at radius 2 is 2.06 bits per heavy atom. The molecule has 0 aliphatic carbocycles. The van der Waals surface area contributed by atoms with Gasteiger partial charge >= 0.3 is 5.97 Å². The van der Waals surface area contributed by atoms with E-state index >= 15 is 0 Å². The molecule has 1 heterocycles. The van der Waals surface area contributed by atoms with Crippen molar-refractivity contribution in [3.63, 3.8) is 0 Å². The number of aromatic hydroxyl groups is 1. The van der Waals surface area contributed by atoms with Crippen molar-refractivity contribution in [2.75, 3.05) is 0 Å². The number of carboxylic acids is 1. The zero-order chi connectivity index (χ0) is 13.3. The summed E-state index contributed by atoms with van der Waals surface area (Å²) in [7, 11) is 0. The Morgan fingerprint density at radius 1 is 1.33 bits per heavy atom. The van der Waals surface area contributed by atoms with Crippen LogP contribution in [0, 0.1) is 13.8 Å². The van der Waals surface area contributed by atoms with E-state index in [2.05, 4.69) is 4.98 Å². The maximum atomic E-state index is 10.5. The molecule has 0 aliphatic heterocycles. The molecule has 0 saturated heterocycles. The lowest BCUT2D eigenvalue weighted by atomic mass is 10.0. The van der Waals surface area contributed by atoms with Crippen LogP contribution < -0.4 is 0 Å². The number of carboxylic acid groups (broad SMARTS) is 1. The summed E-state index contributed by atoms with van der Waals surface area (Å²) < 4.78 is 0. The summed E-state index contributed by atoms with van der Waals surface area (Å²) in [5.74, 6) is -0.524. The van der Waals surface area contributed by atoms with Gasteiger partial charge in [0.2, 0.25) is 0 Å². The number of aromatic amines is 1. The highest BCUT2D eigenvalue weighted by molar-refractivity contribution is 5.91. The van der Waals surface area contributed by atoms with E-state index in [9.17, 15) is 9.90 Å². The van der Waals surface area contributed by atoms with Crippen molar-refractivity contribution in [3.05, 3.63) is 29.0 Å². The Morgan fingerprint density at radius 3 is 2.72 bits per heavy atom. The average Bonchev–Trinajstić information content (AvgIpc) is 2.58. The van der Waals surface area contributed by atoms with Crippen LogP contribution in [0.25, 0.3) is 10.9 Å². The first-order valence-corrected chi connectivity index (χ1v) is 6.02. The van der Waals surface area contributed by atoms with Crippen molar-refractivity contribution in [2.45, 2.75) is 33.1 Å². The molecule has 0 amide bonds. The maximum absolute atomic E-state index is 10.5. The van der Waals surface area contributed by atoms with E-state index in [0.29, 0.717) is 12.8 Å². The van der Waals surface area contributed by atoms with Gasteiger partial charge < -0.3 is 15.2 Å². The predicted octanol–water partition coefficient (Wildman–Crippen LogP) is 2.90. The monoisotopic (exact) mass is 247 g/mol. The SMILES string of the molecule is Cc1[nH]c2ccc(CCCC(=O)O)c(O)c2c1C. The normalized spacial score (nSPS) is 11.0. The van der Waals surface area contributed by atoms with Gasteiger partial charge in [0.15, 0.2) is 0 Å². The van der Waals surface area contributed by atoms with Gasteiger partial charge in [0, 0.05) is 23.0 Å². The number of aryl methyl sites for hydroxylation is 3. The van der Waals surface area contributed by atoms with Crippen molar-refractivity contribution < 1.29 is 15.0 Å². The number of phenols is 1. The number of aromatic nitrogens is 1. The molecule has 2 aromatic rings. The van der Waals surface area contributed by atoms with Gasteiger partial charge in [-0.1, -0.05) is 6.07 Å². The van der Waals surface area contributed by atoms with E-state index in [1.54, 1.807) is 0 Å². The molecule has 0 unspecified atom stereocenters. The highest BCUT2D eigenvalue weighted by Gasteiger charge is 2.12. The number of hydrogen-bond acceptors (Lipinski definition) is 2. The molecule has 96 valence electrons. The molecule has 3 N–H and O–H groups in total. The standard InChI is InChI=1S/C14H17NO3/c1-8-9(2)15-11-7-6-10(14(18)13(8)11)4-3-5-12(16)17/h6-7,15,18H,3-5H2,1-2H3,(H,16,17). The highest BCUT2D eigenvalue weighted by atomic mass is 16.4. The molecule has 2 rings (SSSR count). The number of fused-ring (bicyclic) bond motifs is 1. The van der Waals surface area contributed by atoms with Crippen LogP contribution in [-0.2, 0) is 11.2 Å². The number of nitrogens with one attached hydrogen (secondary N) is 1. The summed E-state index contributed by atoms with van der Waals surface area (Å²) in [6, 6.07) is 3.79. The Balaban J connectivity index is 2.32.